The van der Waals surface area contributed by atoms with Crippen LogP contribution in [0, 0.1) is 5.92 Å². The van der Waals surface area contributed by atoms with Gasteiger partial charge in [0.25, 0.3) is 0 Å². The highest BCUT2D eigenvalue weighted by molar-refractivity contribution is 5.79. The fourth-order valence-electron chi connectivity index (χ4n) is 3.08. The van der Waals surface area contributed by atoms with E-state index in [2.05, 4.69) is 36.2 Å². The smallest absolute Gasteiger partial charge is 0.227 e. The molecule has 18 heavy (non-hydrogen) atoms. The molecule has 1 aromatic rings. The first-order chi connectivity index (χ1) is 8.74. The third-order valence-electron chi connectivity index (χ3n) is 4.18. The fourth-order valence-corrected chi connectivity index (χ4v) is 3.08. The second-order valence-corrected chi connectivity index (χ2v) is 5.53. The normalized spacial score (nSPS) is 24.1. The van der Waals surface area contributed by atoms with Crippen molar-refractivity contribution in [3.63, 3.8) is 0 Å². The molecule has 1 aromatic carbocycles. The number of fused-ring (bicyclic) bond motifs is 1. The molecule has 1 unspecified atom stereocenters. The maximum Gasteiger partial charge on any atom is 0.227 e. The average molecular weight is 244 g/mol. The van der Waals surface area contributed by atoms with E-state index < -0.39 is 0 Å². The van der Waals surface area contributed by atoms with Crippen molar-refractivity contribution in [3.8, 4) is 0 Å². The number of benzene rings is 1. The second kappa shape index (κ2) is 4.73. The fraction of sp³-hybridized carbons (Fsp3) is 0.533. The van der Waals surface area contributed by atoms with Gasteiger partial charge in [-0.1, -0.05) is 24.3 Å². The summed E-state index contributed by atoms with van der Waals surface area (Å²) in [4.78, 5) is 16.8. The molecule has 0 aliphatic carbocycles. The molecule has 0 aromatic heterocycles. The monoisotopic (exact) mass is 244 g/mol. The zero-order chi connectivity index (χ0) is 12.5. The molecule has 2 aliphatic heterocycles. The standard InChI is InChI=1S/C15H20N2O/c1-16-8-6-14(10-16)15(18)17-9-7-12-4-2-3-5-13(12)11-17/h2-5,14H,6-11H2,1H3. The number of amides is 1. The zero-order valence-electron chi connectivity index (χ0n) is 10.9. The molecule has 1 fully saturated rings. The van der Waals surface area contributed by atoms with Gasteiger partial charge in [-0.15, -0.1) is 0 Å². The summed E-state index contributed by atoms with van der Waals surface area (Å²) in [6, 6.07) is 8.48. The van der Waals surface area contributed by atoms with Crippen LogP contribution in [0.1, 0.15) is 17.5 Å². The van der Waals surface area contributed by atoms with Crippen molar-refractivity contribution in [2.24, 2.45) is 5.92 Å². The number of hydrogen-bond donors (Lipinski definition) is 0. The molecule has 3 heteroatoms. The Hall–Kier alpha value is -1.35. The maximum absolute atomic E-state index is 12.5. The van der Waals surface area contributed by atoms with E-state index >= 15 is 0 Å². The summed E-state index contributed by atoms with van der Waals surface area (Å²) in [5.41, 5.74) is 2.73. The Kier molecular flexibility index (Phi) is 3.08. The van der Waals surface area contributed by atoms with Gasteiger partial charge in [-0.3, -0.25) is 4.79 Å². The van der Waals surface area contributed by atoms with Crippen LogP contribution in [-0.2, 0) is 17.8 Å². The predicted molar refractivity (Wildman–Crippen MR) is 71.2 cm³/mol. The van der Waals surface area contributed by atoms with Crippen molar-refractivity contribution in [1.82, 2.24) is 9.80 Å². The molecule has 0 saturated carbocycles. The molecule has 1 amide bonds. The quantitative estimate of drug-likeness (QED) is 0.748. The van der Waals surface area contributed by atoms with E-state index in [1.165, 1.54) is 11.1 Å². The number of carbonyl (C=O) groups is 1. The van der Waals surface area contributed by atoms with Gasteiger partial charge in [0, 0.05) is 19.6 Å². The summed E-state index contributed by atoms with van der Waals surface area (Å²) in [5, 5.41) is 0. The van der Waals surface area contributed by atoms with Gasteiger partial charge in [0.05, 0.1) is 5.92 Å². The Morgan fingerprint density at radius 3 is 2.72 bits per heavy atom. The lowest BCUT2D eigenvalue weighted by molar-refractivity contribution is -0.136. The van der Waals surface area contributed by atoms with Gasteiger partial charge in [-0.2, -0.15) is 0 Å². The molecule has 0 bridgehead atoms. The van der Waals surface area contributed by atoms with E-state index in [4.69, 9.17) is 0 Å². The Morgan fingerprint density at radius 2 is 2.00 bits per heavy atom. The number of carbonyl (C=O) groups excluding carboxylic acids is 1. The van der Waals surface area contributed by atoms with Crippen molar-refractivity contribution in [2.45, 2.75) is 19.4 Å². The van der Waals surface area contributed by atoms with Crippen molar-refractivity contribution in [2.75, 3.05) is 26.7 Å². The minimum Gasteiger partial charge on any atom is -0.338 e. The molecule has 2 aliphatic rings. The topological polar surface area (TPSA) is 23.6 Å². The third-order valence-corrected chi connectivity index (χ3v) is 4.18. The molecule has 0 spiro atoms. The maximum atomic E-state index is 12.5. The van der Waals surface area contributed by atoms with E-state index in [9.17, 15) is 4.79 Å². The number of rotatable bonds is 1. The van der Waals surface area contributed by atoms with E-state index in [0.717, 1.165) is 39.0 Å². The summed E-state index contributed by atoms with van der Waals surface area (Å²) >= 11 is 0. The van der Waals surface area contributed by atoms with Crippen LogP contribution >= 0.6 is 0 Å². The Labute approximate surface area is 108 Å². The predicted octanol–water partition coefficient (Wildman–Crippen LogP) is 1.52. The van der Waals surface area contributed by atoms with E-state index in [1.807, 2.05) is 4.90 Å². The molecule has 3 nitrogen and oxygen atoms in total. The molecule has 3 rings (SSSR count). The van der Waals surface area contributed by atoms with Crippen LogP contribution in [0.5, 0.6) is 0 Å². The van der Waals surface area contributed by atoms with Crippen LogP contribution in [0.15, 0.2) is 24.3 Å². The Bertz CT molecular complexity index is 458. The highest BCUT2D eigenvalue weighted by Gasteiger charge is 2.31. The van der Waals surface area contributed by atoms with Crippen LogP contribution in [0.25, 0.3) is 0 Å². The van der Waals surface area contributed by atoms with Gasteiger partial charge >= 0.3 is 0 Å². The lowest BCUT2D eigenvalue weighted by Crippen LogP contribution is -2.40. The summed E-state index contributed by atoms with van der Waals surface area (Å²) < 4.78 is 0. The van der Waals surface area contributed by atoms with E-state index in [0.29, 0.717) is 5.91 Å². The number of hydrogen-bond acceptors (Lipinski definition) is 2. The van der Waals surface area contributed by atoms with Gasteiger partial charge in [0.1, 0.15) is 0 Å². The SMILES string of the molecule is CN1CCC(C(=O)N2CCc3ccccc3C2)C1. The summed E-state index contributed by atoms with van der Waals surface area (Å²) in [5.74, 6) is 0.578. The minimum atomic E-state index is 0.222. The molecule has 2 heterocycles. The first-order valence-corrected chi connectivity index (χ1v) is 6.78. The van der Waals surface area contributed by atoms with Crippen molar-refractivity contribution in [1.29, 1.82) is 0 Å². The first-order valence-electron chi connectivity index (χ1n) is 6.78. The van der Waals surface area contributed by atoms with Crippen molar-refractivity contribution >= 4 is 5.91 Å². The van der Waals surface area contributed by atoms with E-state index in [-0.39, 0.29) is 5.92 Å². The molecule has 1 atom stereocenters. The first kappa shape index (κ1) is 11.7. The van der Waals surface area contributed by atoms with Crippen molar-refractivity contribution < 1.29 is 4.79 Å². The van der Waals surface area contributed by atoms with Gasteiger partial charge in [0.15, 0.2) is 0 Å². The summed E-state index contributed by atoms with van der Waals surface area (Å²) in [6.07, 6.45) is 2.03. The molecule has 1 saturated heterocycles. The second-order valence-electron chi connectivity index (χ2n) is 5.53. The van der Waals surface area contributed by atoms with Gasteiger partial charge in [-0.05, 0) is 37.6 Å². The van der Waals surface area contributed by atoms with Gasteiger partial charge < -0.3 is 9.80 Å². The minimum absolute atomic E-state index is 0.222. The highest BCUT2D eigenvalue weighted by atomic mass is 16.2. The summed E-state index contributed by atoms with van der Waals surface area (Å²) in [7, 11) is 2.10. The number of likely N-dealkylation sites (tertiary alicyclic amines) is 1. The Morgan fingerprint density at radius 1 is 1.22 bits per heavy atom. The van der Waals surface area contributed by atoms with Crippen LogP contribution in [0.4, 0.5) is 0 Å². The third kappa shape index (κ3) is 2.15. The molecule has 96 valence electrons. The largest absolute Gasteiger partial charge is 0.338 e. The van der Waals surface area contributed by atoms with Crippen molar-refractivity contribution in [3.05, 3.63) is 35.4 Å². The summed E-state index contributed by atoms with van der Waals surface area (Å²) in [6.45, 7) is 3.67. The zero-order valence-corrected chi connectivity index (χ0v) is 10.9. The van der Waals surface area contributed by atoms with E-state index in [1.54, 1.807) is 0 Å². The molecule has 0 radical (unpaired) electrons. The van der Waals surface area contributed by atoms with Gasteiger partial charge in [0.2, 0.25) is 5.91 Å². The van der Waals surface area contributed by atoms with Crippen LogP contribution in [0.2, 0.25) is 0 Å². The molecular formula is C15H20N2O. The lowest BCUT2D eigenvalue weighted by Gasteiger charge is -2.30. The number of nitrogens with zero attached hydrogens (tertiary/aromatic N) is 2. The highest BCUT2D eigenvalue weighted by Crippen LogP contribution is 2.23. The lowest BCUT2D eigenvalue weighted by atomic mass is 9.98. The molecular weight excluding hydrogens is 224 g/mol. The Balaban J connectivity index is 1.70. The van der Waals surface area contributed by atoms with Crippen LogP contribution < -0.4 is 0 Å². The van der Waals surface area contributed by atoms with Gasteiger partial charge in [-0.25, -0.2) is 0 Å². The molecule has 0 N–H and O–H groups in total. The van der Waals surface area contributed by atoms with Crippen LogP contribution in [0.3, 0.4) is 0 Å². The average Bonchev–Trinajstić information content (AvgIpc) is 2.84. The van der Waals surface area contributed by atoms with Crippen LogP contribution in [-0.4, -0.2) is 42.4 Å².